The first-order chi connectivity index (χ1) is 10.7. The fourth-order valence-electron chi connectivity index (χ4n) is 2.70. The number of piperidine rings is 1. The van der Waals surface area contributed by atoms with Crippen molar-refractivity contribution in [2.75, 3.05) is 31.5 Å². The fourth-order valence-corrected chi connectivity index (χ4v) is 2.70. The minimum Gasteiger partial charge on any atom is -0.370 e. The lowest BCUT2D eigenvalue weighted by molar-refractivity contribution is -0.121. The summed E-state index contributed by atoms with van der Waals surface area (Å²) in [6.07, 6.45) is 6.87. The summed E-state index contributed by atoms with van der Waals surface area (Å²) < 4.78 is 0. The molecule has 1 aliphatic rings. The third-order valence-electron chi connectivity index (χ3n) is 4.13. The maximum Gasteiger partial charge on any atom is 0.220 e. The summed E-state index contributed by atoms with van der Waals surface area (Å²) in [7, 11) is 0. The van der Waals surface area contributed by atoms with Crippen molar-refractivity contribution < 1.29 is 4.79 Å². The quantitative estimate of drug-likeness (QED) is 0.610. The number of rotatable bonds is 8. The maximum absolute atomic E-state index is 11.8. The zero-order valence-corrected chi connectivity index (χ0v) is 16.0. The average Bonchev–Trinajstić information content (AvgIpc) is 2.55. The molecule has 1 amide bonds. The van der Waals surface area contributed by atoms with Crippen LogP contribution in [0.1, 0.15) is 37.7 Å². The second-order valence-electron chi connectivity index (χ2n) is 6.08. The lowest BCUT2D eigenvalue weighted by atomic mass is 9.93. The van der Waals surface area contributed by atoms with E-state index in [1.165, 1.54) is 12.8 Å². The molecule has 0 unspecified atom stereocenters. The first-order valence-electron chi connectivity index (χ1n) is 8.38. The van der Waals surface area contributed by atoms with Crippen LogP contribution in [0, 0.1) is 12.8 Å². The molecule has 0 spiro atoms. The molecular formula is C17H30Cl2N4O. The van der Waals surface area contributed by atoms with Gasteiger partial charge in [0.05, 0.1) is 0 Å². The van der Waals surface area contributed by atoms with Crippen molar-refractivity contribution in [2.24, 2.45) is 5.92 Å². The van der Waals surface area contributed by atoms with E-state index in [1.54, 1.807) is 0 Å². The molecule has 0 bridgehead atoms. The number of nitrogens with zero attached hydrogens (tertiary/aromatic N) is 1. The smallest absolute Gasteiger partial charge is 0.220 e. The second-order valence-corrected chi connectivity index (χ2v) is 6.08. The summed E-state index contributed by atoms with van der Waals surface area (Å²) in [5.74, 6) is 1.80. The van der Waals surface area contributed by atoms with Gasteiger partial charge >= 0.3 is 0 Å². The number of carbonyl (C=O) groups excluding carboxylic acids is 1. The molecule has 0 radical (unpaired) electrons. The lowest BCUT2D eigenvalue weighted by Crippen LogP contribution is -2.30. The number of amides is 1. The standard InChI is InChI=1S/C17H28N4O.2ClH/c1-14-3-5-16(21-13-14)19-9-2-10-20-17(22)6-4-15-7-11-18-12-8-15;;/h3,5,13,15,18H,2,4,6-12H2,1H3,(H,19,21)(H,20,22);2*1H. The van der Waals surface area contributed by atoms with Crippen LogP contribution in [0.4, 0.5) is 5.82 Å². The number of halogens is 2. The molecule has 7 heteroatoms. The SMILES string of the molecule is Cc1ccc(NCCCNC(=O)CCC2CCNCC2)nc1.Cl.Cl. The van der Waals surface area contributed by atoms with Crippen LogP contribution in [0.2, 0.25) is 0 Å². The van der Waals surface area contributed by atoms with Gasteiger partial charge in [0.25, 0.3) is 0 Å². The number of anilines is 1. The van der Waals surface area contributed by atoms with Gasteiger partial charge in [-0.1, -0.05) is 6.07 Å². The second kappa shape index (κ2) is 13.3. The molecular weight excluding hydrogens is 347 g/mol. The van der Waals surface area contributed by atoms with Crippen molar-refractivity contribution in [2.45, 2.75) is 39.0 Å². The molecule has 5 nitrogen and oxygen atoms in total. The molecule has 0 aliphatic carbocycles. The molecule has 0 atom stereocenters. The van der Waals surface area contributed by atoms with E-state index in [0.29, 0.717) is 6.42 Å². The molecule has 0 saturated carbocycles. The molecule has 0 aromatic carbocycles. The van der Waals surface area contributed by atoms with Crippen molar-refractivity contribution in [3.63, 3.8) is 0 Å². The van der Waals surface area contributed by atoms with Gasteiger partial charge in [0.1, 0.15) is 5.82 Å². The molecule has 1 aliphatic heterocycles. The molecule has 1 saturated heterocycles. The zero-order valence-electron chi connectivity index (χ0n) is 14.3. The Morgan fingerprint density at radius 2 is 2.00 bits per heavy atom. The van der Waals surface area contributed by atoms with E-state index in [4.69, 9.17) is 0 Å². The number of aryl methyl sites for hydroxylation is 1. The van der Waals surface area contributed by atoms with Gasteiger partial charge in [0, 0.05) is 25.7 Å². The molecule has 138 valence electrons. The van der Waals surface area contributed by atoms with Crippen LogP contribution in [0.15, 0.2) is 18.3 Å². The highest BCUT2D eigenvalue weighted by Gasteiger charge is 2.14. The van der Waals surface area contributed by atoms with E-state index >= 15 is 0 Å². The summed E-state index contributed by atoms with van der Waals surface area (Å²) in [5.41, 5.74) is 1.16. The summed E-state index contributed by atoms with van der Waals surface area (Å²) >= 11 is 0. The van der Waals surface area contributed by atoms with Crippen molar-refractivity contribution in [3.8, 4) is 0 Å². The normalized spacial score (nSPS) is 14.2. The lowest BCUT2D eigenvalue weighted by Gasteiger charge is -2.22. The predicted molar refractivity (Wildman–Crippen MR) is 104 cm³/mol. The van der Waals surface area contributed by atoms with Crippen LogP contribution < -0.4 is 16.0 Å². The maximum atomic E-state index is 11.8. The van der Waals surface area contributed by atoms with Gasteiger partial charge in [-0.3, -0.25) is 4.79 Å². The zero-order chi connectivity index (χ0) is 15.6. The molecule has 3 N–H and O–H groups in total. The van der Waals surface area contributed by atoms with Crippen molar-refractivity contribution in [1.82, 2.24) is 15.6 Å². The Kier molecular flexibility index (Phi) is 12.7. The van der Waals surface area contributed by atoms with Gasteiger partial charge < -0.3 is 16.0 Å². The highest BCUT2D eigenvalue weighted by atomic mass is 35.5. The van der Waals surface area contributed by atoms with Gasteiger partial charge in [-0.25, -0.2) is 4.98 Å². The van der Waals surface area contributed by atoms with Crippen LogP contribution in [0.5, 0.6) is 0 Å². The van der Waals surface area contributed by atoms with Crippen molar-refractivity contribution >= 4 is 36.5 Å². The number of aromatic nitrogens is 1. The third kappa shape index (κ3) is 9.30. The van der Waals surface area contributed by atoms with Crippen LogP contribution in [0.25, 0.3) is 0 Å². The van der Waals surface area contributed by atoms with E-state index in [1.807, 2.05) is 25.3 Å². The molecule has 2 heterocycles. The molecule has 1 aromatic rings. The Morgan fingerprint density at radius 3 is 2.67 bits per heavy atom. The third-order valence-corrected chi connectivity index (χ3v) is 4.13. The Labute approximate surface area is 157 Å². The molecule has 2 rings (SSSR count). The van der Waals surface area contributed by atoms with Crippen LogP contribution in [0.3, 0.4) is 0 Å². The van der Waals surface area contributed by atoms with E-state index in [0.717, 1.165) is 56.3 Å². The average molecular weight is 377 g/mol. The number of hydrogen-bond acceptors (Lipinski definition) is 4. The van der Waals surface area contributed by atoms with Crippen molar-refractivity contribution in [1.29, 1.82) is 0 Å². The van der Waals surface area contributed by atoms with Gasteiger partial charge in [0.15, 0.2) is 0 Å². The number of hydrogen-bond donors (Lipinski definition) is 3. The Hall–Kier alpha value is -1.04. The van der Waals surface area contributed by atoms with Crippen LogP contribution in [-0.4, -0.2) is 37.1 Å². The van der Waals surface area contributed by atoms with Gasteiger partial charge in [-0.2, -0.15) is 0 Å². The molecule has 24 heavy (non-hydrogen) atoms. The van der Waals surface area contributed by atoms with Gasteiger partial charge in [-0.15, -0.1) is 24.8 Å². The first kappa shape index (κ1) is 23.0. The fraction of sp³-hybridized carbons (Fsp3) is 0.647. The Morgan fingerprint density at radius 1 is 1.25 bits per heavy atom. The molecule has 1 aromatic heterocycles. The van der Waals surface area contributed by atoms with Crippen molar-refractivity contribution in [3.05, 3.63) is 23.9 Å². The number of nitrogens with one attached hydrogen (secondary N) is 3. The van der Waals surface area contributed by atoms with Crippen LogP contribution in [-0.2, 0) is 4.79 Å². The minimum atomic E-state index is 0. The Balaban J connectivity index is 0.00000264. The summed E-state index contributed by atoms with van der Waals surface area (Å²) in [6.45, 7) is 5.78. The Bertz CT molecular complexity index is 450. The van der Waals surface area contributed by atoms with E-state index in [9.17, 15) is 4.79 Å². The number of carbonyl (C=O) groups is 1. The summed E-state index contributed by atoms with van der Waals surface area (Å²) in [6, 6.07) is 4.02. The predicted octanol–water partition coefficient (Wildman–Crippen LogP) is 2.93. The van der Waals surface area contributed by atoms with Crippen LogP contribution >= 0.6 is 24.8 Å². The number of pyridine rings is 1. The van der Waals surface area contributed by atoms with E-state index in [2.05, 4.69) is 20.9 Å². The van der Waals surface area contributed by atoms with Gasteiger partial charge in [-0.05, 0) is 63.2 Å². The summed E-state index contributed by atoms with van der Waals surface area (Å²) in [4.78, 5) is 16.1. The van der Waals surface area contributed by atoms with Gasteiger partial charge in [0.2, 0.25) is 5.91 Å². The highest BCUT2D eigenvalue weighted by Crippen LogP contribution is 2.17. The highest BCUT2D eigenvalue weighted by molar-refractivity contribution is 5.85. The largest absolute Gasteiger partial charge is 0.370 e. The topological polar surface area (TPSA) is 66.0 Å². The first-order valence-corrected chi connectivity index (χ1v) is 8.38. The minimum absolute atomic E-state index is 0. The van der Waals surface area contributed by atoms with E-state index < -0.39 is 0 Å². The summed E-state index contributed by atoms with van der Waals surface area (Å²) in [5, 5.41) is 9.62. The van der Waals surface area contributed by atoms with E-state index in [-0.39, 0.29) is 30.7 Å². The molecule has 1 fully saturated rings. The monoisotopic (exact) mass is 376 g/mol.